The van der Waals surface area contributed by atoms with Crippen molar-refractivity contribution in [1.82, 2.24) is 25.1 Å². The van der Waals surface area contributed by atoms with Gasteiger partial charge in [0.25, 0.3) is 5.91 Å². The molecule has 2 heterocycles. The molecule has 0 saturated carbocycles. The minimum absolute atomic E-state index is 0.163. The van der Waals surface area contributed by atoms with E-state index in [2.05, 4.69) is 32.7 Å². The molecule has 2 aromatic heterocycles. The minimum Gasteiger partial charge on any atom is -0.481 e. The van der Waals surface area contributed by atoms with Crippen molar-refractivity contribution >= 4 is 29.4 Å². The maximum atomic E-state index is 12.4. The van der Waals surface area contributed by atoms with E-state index >= 15 is 0 Å². The normalized spacial score (nSPS) is 11.6. The molecule has 0 saturated heterocycles. The molecule has 2 amide bonds. The van der Waals surface area contributed by atoms with Gasteiger partial charge in [-0.05, 0) is 43.2 Å². The maximum Gasteiger partial charge on any atom is 0.261 e. The van der Waals surface area contributed by atoms with Crippen LogP contribution in [0.3, 0.4) is 0 Å². The van der Waals surface area contributed by atoms with E-state index in [4.69, 9.17) is 4.74 Å². The van der Waals surface area contributed by atoms with Crippen LogP contribution in [0.1, 0.15) is 25.2 Å². The third-order valence-electron chi connectivity index (χ3n) is 4.62. The maximum absolute atomic E-state index is 12.4. The summed E-state index contributed by atoms with van der Waals surface area (Å²) < 4.78 is 7.45. The van der Waals surface area contributed by atoms with E-state index in [1.807, 2.05) is 24.3 Å². The van der Waals surface area contributed by atoms with Crippen LogP contribution in [-0.4, -0.2) is 43.4 Å². The van der Waals surface area contributed by atoms with Crippen molar-refractivity contribution in [3.8, 4) is 5.75 Å². The highest BCUT2D eigenvalue weighted by Gasteiger charge is 2.17. The number of pyridine rings is 1. The molecule has 2 N–H and O–H groups in total. The van der Waals surface area contributed by atoms with Crippen LogP contribution in [0.25, 0.3) is 0 Å². The quantitative estimate of drug-likeness (QED) is 0.453. The predicted molar refractivity (Wildman–Crippen MR) is 122 cm³/mol. The summed E-state index contributed by atoms with van der Waals surface area (Å²) in [4.78, 5) is 28.5. The van der Waals surface area contributed by atoms with Crippen molar-refractivity contribution in [3.63, 3.8) is 0 Å². The molecule has 10 heteroatoms. The first kappa shape index (κ1) is 23.3. The number of thioether (sulfide) groups is 1. The fraction of sp³-hybridized carbons (Fsp3) is 0.318. The van der Waals surface area contributed by atoms with Gasteiger partial charge in [-0.15, -0.1) is 10.2 Å². The SMILES string of the molecule is CCc1ccc(OC(C)C(=O)NCc2nnc(SCC(=O)Nc3ccccn3)n2C)cc1. The Morgan fingerprint density at radius 2 is 1.94 bits per heavy atom. The third-order valence-corrected chi connectivity index (χ3v) is 5.64. The largest absolute Gasteiger partial charge is 0.481 e. The summed E-state index contributed by atoms with van der Waals surface area (Å²) in [5.74, 6) is 1.44. The van der Waals surface area contributed by atoms with Gasteiger partial charge < -0.3 is 19.9 Å². The number of benzene rings is 1. The van der Waals surface area contributed by atoms with Gasteiger partial charge in [-0.2, -0.15) is 0 Å². The molecule has 0 bridgehead atoms. The summed E-state index contributed by atoms with van der Waals surface area (Å²) in [6.45, 7) is 3.98. The molecule has 0 aliphatic rings. The van der Waals surface area contributed by atoms with Crippen molar-refractivity contribution < 1.29 is 14.3 Å². The number of amides is 2. The monoisotopic (exact) mass is 454 g/mol. The number of hydrogen-bond donors (Lipinski definition) is 2. The van der Waals surface area contributed by atoms with Crippen molar-refractivity contribution in [3.05, 3.63) is 60.0 Å². The van der Waals surface area contributed by atoms with Crippen molar-refractivity contribution in [1.29, 1.82) is 0 Å². The second kappa shape index (κ2) is 11.3. The molecule has 32 heavy (non-hydrogen) atoms. The van der Waals surface area contributed by atoms with Gasteiger partial charge in [-0.1, -0.05) is 36.9 Å². The third kappa shape index (κ3) is 6.55. The Balaban J connectivity index is 1.46. The number of nitrogens with one attached hydrogen (secondary N) is 2. The topological polar surface area (TPSA) is 111 Å². The molecule has 3 aromatic rings. The number of nitrogens with zero attached hydrogens (tertiary/aromatic N) is 4. The number of anilines is 1. The summed E-state index contributed by atoms with van der Waals surface area (Å²) >= 11 is 1.25. The molecule has 0 spiro atoms. The van der Waals surface area contributed by atoms with Crippen LogP contribution in [-0.2, 0) is 29.6 Å². The number of hydrogen-bond acceptors (Lipinski definition) is 7. The number of carbonyl (C=O) groups excluding carboxylic acids is 2. The Morgan fingerprint density at radius 3 is 2.62 bits per heavy atom. The molecule has 1 unspecified atom stereocenters. The van der Waals surface area contributed by atoms with Crippen LogP contribution in [0, 0.1) is 0 Å². The smallest absolute Gasteiger partial charge is 0.261 e. The van der Waals surface area contributed by atoms with Gasteiger partial charge in [-0.25, -0.2) is 4.98 Å². The lowest BCUT2D eigenvalue weighted by molar-refractivity contribution is -0.127. The highest BCUT2D eigenvalue weighted by molar-refractivity contribution is 7.99. The van der Waals surface area contributed by atoms with Crippen LogP contribution in [0.4, 0.5) is 5.82 Å². The first-order valence-electron chi connectivity index (χ1n) is 10.2. The lowest BCUT2D eigenvalue weighted by Crippen LogP contribution is -2.36. The summed E-state index contributed by atoms with van der Waals surface area (Å²) in [5, 5.41) is 14.3. The predicted octanol–water partition coefficient (Wildman–Crippen LogP) is 2.59. The Hall–Kier alpha value is -3.40. The van der Waals surface area contributed by atoms with Crippen molar-refractivity contribution in [2.24, 2.45) is 7.05 Å². The van der Waals surface area contributed by atoms with E-state index in [1.165, 1.54) is 17.3 Å². The Morgan fingerprint density at radius 1 is 1.16 bits per heavy atom. The zero-order valence-corrected chi connectivity index (χ0v) is 19.1. The first-order valence-corrected chi connectivity index (χ1v) is 11.2. The standard InChI is InChI=1S/C22H26N6O3S/c1-4-16-8-10-17(11-9-16)31-15(2)21(30)24-13-19-26-27-22(28(19)3)32-14-20(29)25-18-7-5-6-12-23-18/h5-12,15H,4,13-14H2,1-3H3,(H,24,30)(H,23,25,29). The van der Waals surface area contributed by atoms with Gasteiger partial charge in [0, 0.05) is 13.2 Å². The highest BCUT2D eigenvalue weighted by atomic mass is 32.2. The molecule has 0 fully saturated rings. The number of aromatic nitrogens is 4. The van der Waals surface area contributed by atoms with Gasteiger partial charge >= 0.3 is 0 Å². The van der Waals surface area contributed by atoms with Crippen LogP contribution >= 0.6 is 11.8 Å². The molecular weight excluding hydrogens is 428 g/mol. The van der Waals surface area contributed by atoms with Gasteiger partial charge in [0.2, 0.25) is 5.91 Å². The summed E-state index contributed by atoms with van der Waals surface area (Å²) in [5.41, 5.74) is 1.21. The summed E-state index contributed by atoms with van der Waals surface area (Å²) in [7, 11) is 1.79. The number of ether oxygens (including phenoxy) is 1. The first-order chi connectivity index (χ1) is 15.5. The second-order valence-electron chi connectivity index (χ2n) is 6.99. The minimum atomic E-state index is -0.653. The molecule has 0 aliphatic heterocycles. The number of rotatable bonds is 10. The number of aryl methyl sites for hydroxylation is 1. The molecule has 9 nitrogen and oxygen atoms in total. The van der Waals surface area contributed by atoms with Gasteiger partial charge in [0.1, 0.15) is 11.6 Å². The Kier molecular flexibility index (Phi) is 8.20. The highest BCUT2D eigenvalue weighted by Crippen LogP contribution is 2.17. The lowest BCUT2D eigenvalue weighted by atomic mass is 10.2. The molecule has 0 aliphatic carbocycles. The van der Waals surface area contributed by atoms with Crippen LogP contribution < -0.4 is 15.4 Å². The molecule has 1 aromatic carbocycles. The number of carbonyl (C=O) groups is 2. The van der Waals surface area contributed by atoms with Crippen molar-refractivity contribution in [2.75, 3.05) is 11.1 Å². The second-order valence-corrected chi connectivity index (χ2v) is 7.93. The molecular formula is C22H26N6O3S. The summed E-state index contributed by atoms with van der Waals surface area (Å²) in [6.07, 6.45) is 1.91. The molecule has 168 valence electrons. The lowest BCUT2D eigenvalue weighted by Gasteiger charge is -2.15. The van der Waals surface area contributed by atoms with Crippen LogP contribution in [0.15, 0.2) is 53.8 Å². The average Bonchev–Trinajstić information content (AvgIpc) is 3.16. The van der Waals surface area contributed by atoms with E-state index in [0.717, 1.165) is 6.42 Å². The fourth-order valence-electron chi connectivity index (χ4n) is 2.74. The van der Waals surface area contributed by atoms with Crippen molar-refractivity contribution in [2.45, 2.75) is 38.1 Å². The van der Waals surface area contributed by atoms with E-state index in [1.54, 1.807) is 42.9 Å². The summed E-state index contributed by atoms with van der Waals surface area (Å²) in [6, 6.07) is 13.0. The van der Waals surface area contributed by atoms with E-state index in [0.29, 0.717) is 22.5 Å². The van der Waals surface area contributed by atoms with Gasteiger partial charge in [-0.3, -0.25) is 9.59 Å². The van der Waals surface area contributed by atoms with Gasteiger partial charge in [0.15, 0.2) is 17.1 Å². The van der Waals surface area contributed by atoms with Gasteiger partial charge in [0.05, 0.1) is 12.3 Å². The zero-order chi connectivity index (χ0) is 22.9. The van der Waals surface area contributed by atoms with Crippen LogP contribution in [0.2, 0.25) is 0 Å². The molecule has 3 rings (SSSR count). The van der Waals surface area contributed by atoms with Crippen LogP contribution in [0.5, 0.6) is 5.75 Å². The molecule has 0 radical (unpaired) electrons. The van der Waals surface area contributed by atoms with E-state index in [-0.39, 0.29) is 24.1 Å². The fourth-order valence-corrected chi connectivity index (χ4v) is 3.47. The average molecular weight is 455 g/mol. The van der Waals surface area contributed by atoms with E-state index < -0.39 is 6.10 Å². The Labute approximate surface area is 191 Å². The Bertz CT molecular complexity index is 1040. The zero-order valence-electron chi connectivity index (χ0n) is 18.2. The van der Waals surface area contributed by atoms with E-state index in [9.17, 15) is 9.59 Å². The molecule has 1 atom stereocenters.